The second-order valence-electron chi connectivity index (χ2n) is 5.90. The molecule has 8 heteroatoms. The number of carbonyl (C=O) groups excluding carboxylic acids is 1. The van der Waals surface area contributed by atoms with Crippen LogP contribution in [0.2, 0.25) is 0 Å². The summed E-state index contributed by atoms with van der Waals surface area (Å²) in [6.45, 7) is 1.93. The van der Waals surface area contributed by atoms with Crippen LogP contribution >= 0.6 is 0 Å². The number of carbonyl (C=O) groups is 1. The summed E-state index contributed by atoms with van der Waals surface area (Å²) in [5.41, 5.74) is 2.44. The van der Waals surface area contributed by atoms with E-state index in [0.717, 1.165) is 11.8 Å². The Bertz CT molecular complexity index is 1070. The second-order valence-corrected chi connectivity index (χ2v) is 7.48. The lowest BCUT2D eigenvalue weighted by Crippen LogP contribution is -2.07. The zero-order chi connectivity index (χ0) is 19.6. The van der Waals surface area contributed by atoms with Gasteiger partial charge in [0.25, 0.3) is 0 Å². The van der Waals surface area contributed by atoms with Gasteiger partial charge in [0.2, 0.25) is 5.90 Å². The van der Waals surface area contributed by atoms with Gasteiger partial charge in [-0.1, -0.05) is 23.8 Å². The average Bonchev–Trinajstić information content (AvgIpc) is 2.96. The van der Waals surface area contributed by atoms with E-state index in [0.29, 0.717) is 11.1 Å². The van der Waals surface area contributed by atoms with E-state index in [-0.39, 0.29) is 23.1 Å². The molecule has 0 N–H and O–H groups in total. The first kappa shape index (κ1) is 18.7. The number of aliphatic imine (C=N–C) groups is 1. The molecular formula is C19H17NO6S. The van der Waals surface area contributed by atoms with Crippen molar-refractivity contribution < 1.29 is 26.9 Å². The number of hydrogen-bond donors (Lipinski definition) is 0. The van der Waals surface area contributed by atoms with Crippen molar-refractivity contribution in [2.75, 3.05) is 13.4 Å². The molecule has 0 radical (unpaired) electrons. The van der Waals surface area contributed by atoms with Crippen LogP contribution in [0.25, 0.3) is 6.08 Å². The lowest BCUT2D eigenvalue weighted by atomic mass is 10.1. The molecule has 7 nitrogen and oxygen atoms in total. The molecule has 0 saturated heterocycles. The van der Waals surface area contributed by atoms with E-state index in [4.69, 9.17) is 13.7 Å². The summed E-state index contributed by atoms with van der Waals surface area (Å²) in [5, 5.41) is 0. The van der Waals surface area contributed by atoms with Crippen molar-refractivity contribution in [3.8, 4) is 11.5 Å². The van der Waals surface area contributed by atoms with Crippen LogP contribution in [0.5, 0.6) is 11.5 Å². The standard InChI is InChI=1S/C19H17NO6S/c1-12-5-4-6-14(9-12)18-20-15(19(21)25-18)10-13-7-8-16(17(11-13)24-2)26-27(3,22)23/h4-11H,1-3H3/b15-10+. The smallest absolute Gasteiger partial charge is 0.363 e. The summed E-state index contributed by atoms with van der Waals surface area (Å²) in [7, 11) is -2.30. The van der Waals surface area contributed by atoms with Gasteiger partial charge in [0.1, 0.15) is 0 Å². The number of methoxy groups -OCH3 is 1. The summed E-state index contributed by atoms with van der Waals surface area (Å²) in [4.78, 5) is 16.4. The van der Waals surface area contributed by atoms with Gasteiger partial charge in [-0.05, 0) is 42.8 Å². The van der Waals surface area contributed by atoms with Gasteiger partial charge < -0.3 is 13.7 Å². The lowest BCUT2D eigenvalue weighted by Gasteiger charge is -2.09. The molecule has 0 atom stereocenters. The number of nitrogens with zero attached hydrogens (tertiary/aromatic N) is 1. The van der Waals surface area contributed by atoms with Crippen LogP contribution in [0, 0.1) is 6.92 Å². The van der Waals surface area contributed by atoms with Gasteiger partial charge in [0.15, 0.2) is 17.2 Å². The van der Waals surface area contributed by atoms with Crippen LogP contribution in [-0.4, -0.2) is 33.7 Å². The average molecular weight is 387 g/mol. The van der Waals surface area contributed by atoms with Gasteiger partial charge in [0, 0.05) is 5.56 Å². The fourth-order valence-corrected chi connectivity index (χ4v) is 2.94. The van der Waals surface area contributed by atoms with Gasteiger partial charge in [-0.3, -0.25) is 0 Å². The Kier molecular flexibility index (Phi) is 5.00. The maximum Gasteiger partial charge on any atom is 0.363 e. The highest BCUT2D eigenvalue weighted by atomic mass is 32.2. The molecule has 0 spiro atoms. The van der Waals surface area contributed by atoms with Crippen molar-refractivity contribution >= 4 is 28.1 Å². The molecule has 140 valence electrons. The minimum absolute atomic E-state index is 0.0556. The van der Waals surface area contributed by atoms with E-state index in [1.165, 1.54) is 19.3 Å². The predicted molar refractivity (Wildman–Crippen MR) is 100 cm³/mol. The van der Waals surface area contributed by atoms with Crippen molar-refractivity contribution in [2.45, 2.75) is 6.92 Å². The number of rotatable bonds is 5. The SMILES string of the molecule is COc1cc(/C=C2/N=C(c3cccc(C)c3)OC2=O)ccc1OS(C)(=O)=O. The minimum atomic E-state index is -3.69. The molecule has 0 amide bonds. The fourth-order valence-electron chi connectivity index (χ4n) is 2.47. The van der Waals surface area contributed by atoms with Crippen molar-refractivity contribution in [1.82, 2.24) is 0 Å². The number of hydrogen-bond acceptors (Lipinski definition) is 7. The van der Waals surface area contributed by atoms with Crippen LogP contribution in [0.3, 0.4) is 0 Å². The molecule has 0 bridgehead atoms. The normalized spacial score (nSPS) is 15.4. The van der Waals surface area contributed by atoms with Crippen LogP contribution in [0.4, 0.5) is 0 Å². The molecule has 0 aliphatic carbocycles. The molecule has 0 fully saturated rings. The summed E-state index contributed by atoms with van der Waals surface area (Å²) >= 11 is 0. The molecule has 1 heterocycles. The van der Waals surface area contributed by atoms with Gasteiger partial charge in [-0.15, -0.1) is 0 Å². The van der Waals surface area contributed by atoms with Gasteiger partial charge in [-0.2, -0.15) is 8.42 Å². The summed E-state index contributed by atoms with van der Waals surface area (Å²) in [5.74, 6) is -0.0648. The molecule has 2 aromatic carbocycles. The van der Waals surface area contributed by atoms with E-state index in [2.05, 4.69) is 4.99 Å². The molecule has 2 aromatic rings. The molecule has 0 aromatic heterocycles. The maximum absolute atomic E-state index is 12.1. The Balaban J connectivity index is 1.93. The third-order valence-corrected chi connectivity index (χ3v) is 4.10. The molecule has 0 unspecified atom stereocenters. The Morgan fingerprint density at radius 3 is 2.56 bits per heavy atom. The van der Waals surface area contributed by atoms with E-state index in [9.17, 15) is 13.2 Å². The van der Waals surface area contributed by atoms with Crippen molar-refractivity contribution in [2.24, 2.45) is 4.99 Å². The quantitative estimate of drug-likeness (QED) is 0.445. The maximum atomic E-state index is 12.1. The van der Waals surface area contributed by atoms with Crippen molar-refractivity contribution in [3.05, 3.63) is 64.9 Å². The molecular weight excluding hydrogens is 370 g/mol. The third kappa shape index (κ3) is 4.53. The zero-order valence-corrected chi connectivity index (χ0v) is 15.7. The second kappa shape index (κ2) is 7.24. The summed E-state index contributed by atoms with van der Waals surface area (Å²) in [6, 6.07) is 12.0. The first-order valence-corrected chi connectivity index (χ1v) is 9.74. The Morgan fingerprint density at radius 1 is 1.11 bits per heavy atom. The van der Waals surface area contributed by atoms with Crippen molar-refractivity contribution in [3.63, 3.8) is 0 Å². The number of esters is 1. The minimum Gasteiger partial charge on any atom is -0.493 e. The topological polar surface area (TPSA) is 91.3 Å². The predicted octanol–water partition coefficient (Wildman–Crippen LogP) is 2.69. The summed E-state index contributed by atoms with van der Waals surface area (Å²) in [6.07, 6.45) is 2.47. The summed E-state index contributed by atoms with van der Waals surface area (Å²) < 4.78 is 37.9. The number of benzene rings is 2. The fraction of sp³-hybridized carbons (Fsp3) is 0.158. The molecule has 3 rings (SSSR count). The molecule has 0 saturated carbocycles. The zero-order valence-electron chi connectivity index (χ0n) is 14.9. The largest absolute Gasteiger partial charge is 0.493 e. The highest BCUT2D eigenvalue weighted by Gasteiger charge is 2.24. The Hall–Kier alpha value is -3.13. The van der Waals surface area contributed by atoms with Crippen LogP contribution in [0.1, 0.15) is 16.7 Å². The number of aryl methyl sites for hydroxylation is 1. The lowest BCUT2D eigenvalue weighted by molar-refractivity contribution is -0.129. The molecule has 1 aliphatic rings. The molecule has 27 heavy (non-hydrogen) atoms. The van der Waals surface area contributed by atoms with Crippen molar-refractivity contribution in [1.29, 1.82) is 0 Å². The first-order valence-electron chi connectivity index (χ1n) is 7.92. The number of cyclic esters (lactones) is 1. The monoisotopic (exact) mass is 387 g/mol. The van der Waals surface area contributed by atoms with Crippen LogP contribution in [-0.2, 0) is 19.6 Å². The Morgan fingerprint density at radius 2 is 1.89 bits per heavy atom. The van der Waals surface area contributed by atoms with Gasteiger partial charge in [0.05, 0.1) is 13.4 Å². The highest BCUT2D eigenvalue weighted by Crippen LogP contribution is 2.30. The van der Waals surface area contributed by atoms with Gasteiger partial charge >= 0.3 is 16.1 Å². The third-order valence-electron chi connectivity index (χ3n) is 3.62. The number of ether oxygens (including phenoxy) is 2. The van der Waals surface area contributed by atoms with Crippen LogP contribution < -0.4 is 8.92 Å². The van der Waals surface area contributed by atoms with E-state index in [1.54, 1.807) is 12.1 Å². The van der Waals surface area contributed by atoms with Gasteiger partial charge in [-0.25, -0.2) is 9.79 Å². The molecule has 1 aliphatic heterocycles. The Labute approximate surface area is 157 Å². The van der Waals surface area contributed by atoms with E-state index in [1.807, 2.05) is 31.2 Å². The van der Waals surface area contributed by atoms with Crippen LogP contribution in [0.15, 0.2) is 53.2 Å². The van der Waals surface area contributed by atoms with E-state index >= 15 is 0 Å². The highest BCUT2D eigenvalue weighted by molar-refractivity contribution is 7.86. The van der Waals surface area contributed by atoms with E-state index < -0.39 is 16.1 Å². The first-order chi connectivity index (χ1) is 12.7.